The number of aromatic nitrogens is 2. The lowest BCUT2D eigenvalue weighted by atomic mass is 10.2. The number of hydrogen-bond acceptors (Lipinski definition) is 5. The summed E-state index contributed by atoms with van der Waals surface area (Å²) in [7, 11) is 0. The van der Waals surface area contributed by atoms with E-state index in [0.717, 1.165) is 11.3 Å². The highest BCUT2D eigenvalue weighted by Crippen LogP contribution is 2.21. The molecule has 1 aromatic heterocycles. The summed E-state index contributed by atoms with van der Waals surface area (Å²) in [5.41, 5.74) is 3.06. The van der Waals surface area contributed by atoms with Crippen LogP contribution < -0.4 is 10.6 Å². The fourth-order valence-electron chi connectivity index (χ4n) is 2.20. The van der Waals surface area contributed by atoms with Gasteiger partial charge in [0.05, 0.1) is 24.0 Å². The Morgan fingerprint density at radius 3 is 2.54 bits per heavy atom. The van der Waals surface area contributed by atoms with Gasteiger partial charge in [-0.3, -0.25) is 4.79 Å². The number of aryl methyl sites for hydroxylation is 1. The van der Waals surface area contributed by atoms with Gasteiger partial charge in [-0.1, -0.05) is 17.7 Å². The Morgan fingerprint density at radius 1 is 1.12 bits per heavy atom. The van der Waals surface area contributed by atoms with Crippen molar-refractivity contribution in [2.75, 3.05) is 10.6 Å². The highest BCUT2D eigenvalue weighted by atomic mass is 35.5. The Kier molecular flexibility index (Phi) is 5.11. The van der Waals surface area contributed by atoms with Crippen LogP contribution in [-0.2, 0) is 0 Å². The molecule has 0 saturated carbocycles. The van der Waals surface area contributed by atoms with E-state index >= 15 is 0 Å². The minimum absolute atomic E-state index is 0.190. The number of rotatable bonds is 4. The second-order valence-electron chi connectivity index (χ2n) is 5.51. The second kappa shape index (κ2) is 7.64. The summed E-state index contributed by atoms with van der Waals surface area (Å²) in [4.78, 5) is 20.6. The summed E-state index contributed by atoms with van der Waals surface area (Å²) in [6.07, 6.45) is 2.86. The van der Waals surface area contributed by atoms with Crippen molar-refractivity contribution in [3.05, 3.63) is 76.7 Å². The molecule has 0 radical (unpaired) electrons. The maximum atomic E-state index is 12.3. The lowest BCUT2D eigenvalue weighted by Crippen LogP contribution is -2.15. The van der Waals surface area contributed by atoms with Crippen LogP contribution in [0.25, 0.3) is 0 Å². The van der Waals surface area contributed by atoms with Crippen molar-refractivity contribution in [3.8, 4) is 6.07 Å². The van der Waals surface area contributed by atoms with E-state index in [4.69, 9.17) is 16.9 Å². The molecule has 0 fully saturated rings. The number of halogens is 1. The first kappa shape index (κ1) is 17.4. The van der Waals surface area contributed by atoms with E-state index < -0.39 is 0 Å². The predicted molar refractivity (Wildman–Crippen MR) is 101 cm³/mol. The van der Waals surface area contributed by atoms with E-state index in [9.17, 15) is 4.79 Å². The number of nitriles is 1. The highest BCUT2D eigenvalue weighted by molar-refractivity contribution is 6.31. The molecule has 7 heteroatoms. The Labute approximate surface area is 155 Å². The summed E-state index contributed by atoms with van der Waals surface area (Å²) in [5, 5.41) is 15.2. The predicted octanol–water partition coefficient (Wildman–Crippen LogP) is 4.31. The highest BCUT2D eigenvalue weighted by Gasteiger charge is 2.10. The molecule has 0 unspecified atom stereocenters. The number of hydrogen-bond donors (Lipinski definition) is 2. The van der Waals surface area contributed by atoms with Crippen molar-refractivity contribution in [3.63, 3.8) is 0 Å². The van der Waals surface area contributed by atoms with Crippen molar-refractivity contribution in [1.29, 1.82) is 5.26 Å². The molecule has 1 heterocycles. The van der Waals surface area contributed by atoms with Crippen molar-refractivity contribution >= 4 is 34.7 Å². The average molecular weight is 364 g/mol. The number of carbonyl (C=O) groups excluding carboxylic acids is 1. The third-order valence-electron chi connectivity index (χ3n) is 3.62. The molecule has 3 aromatic rings. The Morgan fingerprint density at radius 2 is 1.88 bits per heavy atom. The molecule has 0 aliphatic heterocycles. The number of benzene rings is 2. The fraction of sp³-hybridized carbons (Fsp3) is 0.0526. The molecular weight excluding hydrogens is 350 g/mol. The Hall–Kier alpha value is -3.43. The van der Waals surface area contributed by atoms with Gasteiger partial charge < -0.3 is 10.6 Å². The first-order valence-electron chi connectivity index (χ1n) is 7.72. The quantitative estimate of drug-likeness (QED) is 0.720. The van der Waals surface area contributed by atoms with Crippen LogP contribution in [0.4, 0.5) is 17.2 Å². The molecule has 2 aromatic carbocycles. The zero-order chi connectivity index (χ0) is 18.5. The van der Waals surface area contributed by atoms with Gasteiger partial charge in [0.2, 0.25) is 0 Å². The number of nitrogens with zero attached hydrogens (tertiary/aromatic N) is 3. The second-order valence-corrected chi connectivity index (χ2v) is 5.95. The van der Waals surface area contributed by atoms with E-state index in [2.05, 4.69) is 26.7 Å². The van der Waals surface area contributed by atoms with Crippen LogP contribution in [-0.4, -0.2) is 15.9 Å². The van der Waals surface area contributed by atoms with E-state index in [0.29, 0.717) is 22.1 Å². The van der Waals surface area contributed by atoms with Gasteiger partial charge in [-0.2, -0.15) is 5.26 Å². The summed E-state index contributed by atoms with van der Waals surface area (Å²) in [6, 6.07) is 14.3. The average Bonchev–Trinajstić information content (AvgIpc) is 2.66. The van der Waals surface area contributed by atoms with Gasteiger partial charge in [-0.15, -0.1) is 0 Å². The molecule has 0 aliphatic carbocycles. The van der Waals surface area contributed by atoms with Crippen molar-refractivity contribution in [2.45, 2.75) is 6.92 Å². The first-order chi connectivity index (χ1) is 12.5. The fourth-order valence-corrected chi connectivity index (χ4v) is 2.37. The summed E-state index contributed by atoms with van der Waals surface area (Å²) < 4.78 is 0. The van der Waals surface area contributed by atoms with Crippen molar-refractivity contribution in [1.82, 2.24) is 9.97 Å². The third-order valence-corrected chi connectivity index (χ3v) is 3.85. The lowest BCUT2D eigenvalue weighted by Gasteiger charge is -2.09. The SMILES string of the molecule is Cc1ccc(Cl)cc1NC(=O)c1cnc(Nc2ccc(C#N)cc2)cn1. The smallest absolute Gasteiger partial charge is 0.275 e. The molecule has 0 saturated heterocycles. The van der Waals surface area contributed by atoms with E-state index in [1.807, 2.05) is 13.0 Å². The number of anilines is 3. The van der Waals surface area contributed by atoms with Crippen LogP contribution in [0.15, 0.2) is 54.9 Å². The zero-order valence-corrected chi connectivity index (χ0v) is 14.6. The van der Waals surface area contributed by atoms with Crippen LogP contribution in [0.3, 0.4) is 0 Å². The molecule has 6 nitrogen and oxygen atoms in total. The first-order valence-corrected chi connectivity index (χ1v) is 8.10. The molecule has 1 amide bonds. The van der Waals surface area contributed by atoms with Gasteiger partial charge in [0.25, 0.3) is 5.91 Å². The maximum Gasteiger partial charge on any atom is 0.275 e. The molecule has 26 heavy (non-hydrogen) atoms. The molecule has 2 N–H and O–H groups in total. The lowest BCUT2D eigenvalue weighted by molar-refractivity contribution is 0.102. The molecule has 3 rings (SSSR count). The minimum Gasteiger partial charge on any atom is -0.339 e. The molecular formula is C19H14ClN5O. The van der Waals surface area contributed by atoms with E-state index in [-0.39, 0.29) is 11.6 Å². The van der Waals surface area contributed by atoms with Crippen LogP contribution in [0.1, 0.15) is 21.6 Å². The number of carbonyl (C=O) groups is 1. The van der Waals surface area contributed by atoms with Gasteiger partial charge in [0, 0.05) is 16.4 Å². The Balaban J connectivity index is 1.69. The third kappa shape index (κ3) is 4.15. The van der Waals surface area contributed by atoms with Crippen molar-refractivity contribution in [2.24, 2.45) is 0 Å². The van der Waals surface area contributed by atoms with Crippen LogP contribution >= 0.6 is 11.6 Å². The molecule has 0 aliphatic rings. The topological polar surface area (TPSA) is 90.7 Å². The normalized spacial score (nSPS) is 10.0. The number of nitrogens with one attached hydrogen (secondary N) is 2. The monoisotopic (exact) mass is 363 g/mol. The van der Waals surface area contributed by atoms with E-state index in [1.54, 1.807) is 36.4 Å². The number of amides is 1. The molecule has 0 spiro atoms. The van der Waals surface area contributed by atoms with Crippen LogP contribution in [0.2, 0.25) is 5.02 Å². The van der Waals surface area contributed by atoms with Gasteiger partial charge in [-0.05, 0) is 48.9 Å². The summed E-state index contributed by atoms with van der Waals surface area (Å²) in [5.74, 6) is 0.123. The van der Waals surface area contributed by atoms with Crippen LogP contribution in [0.5, 0.6) is 0 Å². The molecule has 0 atom stereocenters. The summed E-state index contributed by atoms with van der Waals surface area (Å²) in [6.45, 7) is 1.88. The largest absolute Gasteiger partial charge is 0.339 e. The van der Waals surface area contributed by atoms with Crippen LogP contribution in [0, 0.1) is 18.3 Å². The standard InChI is InChI=1S/C19H14ClN5O/c1-12-2-5-14(20)8-16(12)25-19(26)17-10-23-18(11-22-17)24-15-6-3-13(9-21)4-7-15/h2-8,10-11H,1H3,(H,23,24)(H,25,26). The van der Waals surface area contributed by atoms with E-state index in [1.165, 1.54) is 12.4 Å². The van der Waals surface area contributed by atoms with Crippen molar-refractivity contribution < 1.29 is 4.79 Å². The van der Waals surface area contributed by atoms with Gasteiger partial charge >= 0.3 is 0 Å². The van der Waals surface area contributed by atoms with Gasteiger partial charge in [0.1, 0.15) is 11.5 Å². The zero-order valence-electron chi connectivity index (χ0n) is 13.8. The molecule has 128 valence electrons. The Bertz CT molecular complexity index is 978. The minimum atomic E-state index is -0.368. The maximum absolute atomic E-state index is 12.3. The van der Waals surface area contributed by atoms with Gasteiger partial charge in [-0.25, -0.2) is 9.97 Å². The summed E-state index contributed by atoms with van der Waals surface area (Å²) >= 11 is 5.96. The van der Waals surface area contributed by atoms with Gasteiger partial charge in [0.15, 0.2) is 0 Å². The molecule has 0 bridgehead atoms.